The second-order valence-corrected chi connectivity index (χ2v) is 6.51. The van der Waals surface area contributed by atoms with E-state index in [1.54, 1.807) is 34.9 Å². The van der Waals surface area contributed by atoms with Crippen LogP contribution in [0.15, 0.2) is 71.1 Å². The number of aromatic nitrogens is 2. The summed E-state index contributed by atoms with van der Waals surface area (Å²) in [6.45, 7) is 4.57. The number of fused-ring (bicyclic) bond motifs is 1. The molecule has 5 nitrogen and oxygen atoms in total. The SMILES string of the molecule is C=CCn1c(SCCOc2cccc(C#N)c2)nc2ccccc2c1=O. The topological polar surface area (TPSA) is 67.9 Å². The molecule has 1 heterocycles. The van der Waals surface area contributed by atoms with Crippen LogP contribution in [0.3, 0.4) is 0 Å². The molecule has 0 amide bonds. The average molecular weight is 363 g/mol. The second kappa shape index (κ2) is 8.37. The molecule has 0 spiro atoms. The highest BCUT2D eigenvalue weighted by Crippen LogP contribution is 2.19. The predicted molar refractivity (Wildman–Crippen MR) is 104 cm³/mol. The van der Waals surface area contributed by atoms with Crippen molar-refractivity contribution in [3.8, 4) is 11.8 Å². The smallest absolute Gasteiger partial charge is 0.262 e. The molecule has 0 aliphatic heterocycles. The van der Waals surface area contributed by atoms with Gasteiger partial charge < -0.3 is 4.74 Å². The van der Waals surface area contributed by atoms with E-state index in [0.29, 0.717) is 46.3 Å². The Balaban J connectivity index is 1.73. The lowest BCUT2D eigenvalue weighted by Gasteiger charge is -2.12. The van der Waals surface area contributed by atoms with Gasteiger partial charge in [0.15, 0.2) is 5.16 Å². The summed E-state index contributed by atoms with van der Waals surface area (Å²) in [6.07, 6.45) is 1.69. The zero-order chi connectivity index (χ0) is 18.4. The first kappa shape index (κ1) is 17.8. The van der Waals surface area contributed by atoms with Crippen LogP contribution in [0.2, 0.25) is 0 Å². The van der Waals surface area contributed by atoms with Crippen molar-refractivity contribution in [2.45, 2.75) is 11.7 Å². The number of para-hydroxylation sites is 1. The van der Waals surface area contributed by atoms with Crippen molar-refractivity contribution in [2.75, 3.05) is 12.4 Å². The normalized spacial score (nSPS) is 10.4. The van der Waals surface area contributed by atoms with Crippen LogP contribution >= 0.6 is 11.8 Å². The van der Waals surface area contributed by atoms with Crippen LogP contribution < -0.4 is 10.3 Å². The number of ether oxygens (including phenoxy) is 1. The van der Waals surface area contributed by atoms with Gasteiger partial charge in [-0.2, -0.15) is 5.26 Å². The Labute approximate surface area is 155 Å². The van der Waals surface area contributed by atoms with E-state index < -0.39 is 0 Å². The lowest BCUT2D eigenvalue weighted by Crippen LogP contribution is -2.23. The van der Waals surface area contributed by atoms with E-state index in [2.05, 4.69) is 17.6 Å². The predicted octanol–water partition coefficient (Wildman–Crippen LogP) is 3.63. The molecule has 0 aliphatic carbocycles. The largest absolute Gasteiger partial charge is 0.493 e. The van der Waals surface area contributed by atoms with E-state index in [4.69, 9.17) is 10.00 Å². The fraction of sp³-hybridized carbons (Fsp3) is 0.150. The fourth-order valence-electron chi connectivity index (χ4n) is 2.50. The Morgan fingerprint density at radius 1 is 1.27 bits per heavy atom. The zero-order valence-corrected chi connectivity index (χ0v) is 14.9. The molecular formula is C20H17N3O2S. The van der Waals surface area contributed by atoms with E-state index in [1.807, 2.05) is 24.3 Å². The Morgan fingerprint density at radius 2 is 2.12 bits per heavy atom. The molecule has 3 rings (SSSR count). The average Bonchev–Trinajstić information content (AvgIpc) is 2.68. The minimum atomic E-state index is -0.0689. The van der Waals surface area contributed by atoms with Gasteiger partial charge in [0.2, 0.25) is 0 Å². The Bertz CT molecular complexity index is 1040. The Hall–Kier alpha value is -3.04. The highest BCUT2D eigenvalue weighted by atomic mass is 32.2. The van der Waals surface area contributed by atoms with E-state index in [1.165, 1.54) is 11.8 Å². The first-order valence-electron chi connectivity index (χ1n) is 8.09. The minimum Gasteiger partial charge on any atom is -0.493 e. The summed E-state index contributed by atoms with van der Waals surface area (Å²) in [7, 11) is 0. The van der Waals surface area contributed by atoms with Gasteiger partial charge in [-0.05, 0) is 30.3 Å². The van der Waals surface area contributed by atoms with E-state index in [0.717, 1.165) is 0 Å². The van der Waals surface area contributed by atoms with Crippen LogP contribution in [-0.2, 0) is 6.54 Å². The third-order valence-corrected chi connectivity index (χ3v) is 4.63. The van der Waals surface area contributed by atoms with Gasteiger partial charge in [-0.15, -0.1) is 6.58 Å². The number of nitriles is 1. The number of nitrogens with zero attached hydrogens (tertiary/aromatic N) is 3. The number of rotatable bonds is 7. The fourth-order valence-corrected chi connectivity index (χ4v) is 3.32. The molecule has 0 radical (unpaired) electrons. The van der Waals surface area contributed by atoms with Crippen molar-refractivity contribution >= 4 is 22.7 Å². The number of benzene rings is 2. The zero-order valence-electron chi connectivity index (χ0n) is 14.1. The third kappa shape index (κ3) is 3.95. The molecule has 6 heteroatoms. The van der Waals surface area contributed by atoms with Crippen LogP contribution in [0.5, 0.6) is 5.75 Å². The molecule has 3 aromatic rings. The molecular weight excluding hydrogens is 346 g/mol. The highest BCUT2D eigenvalue weighted by molar-refractivity contribution is 7.99. The molecule has 130 valence electrons. The van der Waals surface area contributed by atoms with Crippen molar-refractivity contribution in [1.29, 1.82) is 5.26 Å². The molecule has 0 saturated heterocycles. The summed E-state index contributed by atoms with van der Waals surface area (Å²) in [6, 6.07) is 16.4. The molecule has 0 fully saturated rings. The van der Waals surface area contributed by atoms with Crippen LogP contribution in [0, 0.1) is 11.3 Å². The highest BCUT2D eigenvalue weighted by Gasteiger charge is 2.10. The first-order valence-corrected chi connectivity index (χ1v) is 9.07. The minimum absolute atomic E-state index is 0.0689. The van der Waals surface area contributed by atoms with E-state index >= 15 is 0 Å². The number of thioether (sulfide) groups is 1. The van der Waals surface area contributed by atoms with Gasteiger partial charge in [0.05, 0.1) is 29.1 Å². The van der Waals surface area contributed by atoms with Crippen LogP contribution in [0.25, 0.3) is 10.9 Å². The molecule has 0 saturated carbocycles. The van der Waals surface area contributed by atoms with Gasteiger partial charge in [0.25, 0.3) is 5.56 Å². The van der Waals surface area contributed by atoms with Crippen LogP contribution in [0.4, 0.5) is 0 Å². The van der Waals surface area contributed by atoms with Gasteiger partial charge in [-0.3, -0.25) is 9.36 Å². The van der Waals surface area contributed by atoms with Crippen LogP contribution in [0.1, 0.15) is 5.56 Å². The summed E-state index contributed by atoms with van der Waals surface area (Å²) < 4.78 is 7.30. The summed E-state index contributed by atoms with van der Waals surface area (Å²) >= 11 is 1.46. The van der Waals surface area contributed by atoms with Crippen molar-refractivity contribution in [3.63, 3.8) is 0 Å². The van der Waals surface area contributed by atoms with Gasteiger partial charge in [-0.25, -0.2) is 4.98 Å². The number of hydrogen-bond donors (Lipinski definition) is 0. The first-order chi connectivity index (χ1) is 12.7. The van der Waals surface area contributed by atoms with Gasteiger partial charge >= 0.3 is 0 Å². The summed E-state index contributed by atoms with van der Waals surface area (Å²) in [4.78, 5) is 17.3. The molecule has 26 heavy (non-hydrogen) atoms. The molecule has 0 atom stereocenters. The van der Waals surface area contributed by atoms with Gasteiger partial charge in [0.1, 0.15) is 5.75 Å². The number of hydrogen-bond acceptors (Lipinski definition) is 5. The number of allylic oxidation sites excluding steroid dienone is 1. The summed E-state index contributed by atoms with van der Waals surface area (Å²) in [5.74, 6) is 1.28. The lowest BCUT2D eigenvalue weighted by molar-refractivity contribution is 0.343. The quantitative estimate of drug-likeness (QED) is 0.277. The monoisotopic (exact) mass is 363 g/mol. The van der Waals surface area contributed by atoms with Crippen LogP contribution in [-0.4, -0.2) is 21.9 Å². The third-order valence-electron chi connectivity index (χ3n) is 3.68. The molecule has 0 bridgehead atoms. The van der Waals surface area contributed by atoms with E-state index in [9.17, 15) is 4.79 Å². The summed E-state index contributed by atoms with van der Waals surface area (Å²) in [5.41, 5.74) is 1.18. The van der Waals surface area contributed by atoms with Crippen molar-refractivity contribution in [3.05, 3.63) is 77.1 Å². The molecule has 2 aromatic carbocycles. The molecule has 0 N–H and O–H groups in total. The van der Waals surface area contributed by atoms with Crippen molar-refractivity contribution in [2.24, 2.45) is 0 Å². The maximum atomic E-state index is 12.7. The maximum Gasteiger partial charge on any atom is 0.262 e. The summed E-state index contributed by atoms with van der Waals surface area (Å²) in [5, 5.41) is 10.2. The Morgan fingerprint density at radius 3 is 2.92 bits per heavy atom. The van der Waals surface area contributed by atoms with Crippen molar-refractivity contribution in [1.82, 2.24) is 9.55 Å². The second-order valence-electron chi connectivity index (χ2n) is 5.45. The Kier molecular flexibility index (Phi) is 5.72. The van der Waals surface area contributed by atoms with Gasteiger partial charge in [-0.1, -0.05) is 36.0 Å². The van der Waals surface area contributed by atoms with E-state index in [-0.39, 0.29) is 5.56 Å². The molecule has 1 aromatic heterocycles. The molecule has 0 unspecified atom stereocenters. The van der Waals surface area contributed by atoms with Gasteiger partial charge in [0, 0.05) is 12.3 Å². The molecule has 0 aliphatic rings. The van der Waals surface area contributed by atoms with Crippen molar-refractivity contribution < 1.29 is 4.74 Å². The maximum absolute atomic E-state index is 12.7. The lowest BCUT2D eigenvalue weighted by atomic mass is 10.2. The standard InChI is InChI=1S/C20H17N3O2S/c1-2-10-23-19(24)17-8-3-4-9-18(17)22-20(23)26-12-11-25-16-7-5-6-15(13-16)14-21/h2-9,13H,1,10-12H2.